The zero-order chi connectivity index (χ0) is 18.7. The maximum absolute atomic E-state index is 12.8. The van der Waals surface area contributed by atoms with Crippen LogP contribution in [0.4, 0.5) is 5.69 Å². The number of nitrogens with zero attached hydrogens (tertiary/aromatic N) is 3. The Morgan fingerprint density at radius 3 is 2.38 bits per heavy atom. The van der Waals surface area contributed by atoms with E-state index in [1.807, 2.05) is 56.3 Å². The Kier molecular flexibility index (Phi) is 5.40. The fourth-order valence-corrected chi connectivity index (χ4v) is 3.62. The minimum absolute atomic E-state index is 0.0241. The molecule has 0 bridgehead atoms. The molecule has 1 heterocycles. The van der Waals surface area contributed by atoms with Crippen molar-refractivity contribution >= 4 is 30.0 Å². The van der Waals surface area contributed by atoms with Crippen molar-refractivity contribution in [2.24, 2.45) is 4.99 Å². The van der Waals surface area contributed by atoms with E-state index < -0.39 is 0 Å². The number of anilines is 1. The second-order valence-electron chi connectivity index (χ2n) is 7.01. The smallest absolute Gasteiger partial charge is 0.293 e. The van der Waals surface area contributed by atoms with E-state index in [2.05, 4.69) is 4.99 Å². The van der Waals surface area contributed by atoms with Gasteiger partial charge in [0.1, 0.15) is 17.6 Å². The number of amidine groups is 1. The normalized spacial score (nSPS) is 24.6. The number of rotatable bonds is 5. The molecule has 0 spiro atoms. The first kappa shape index (κ1) is 18.2. The van der Waals surface area contributed by atoms with Crippen LogP contribution in [0.2, 0.25) is 0 Å². The van der Waals surface area contributed by atoms with Crippen molar-refractivity contribution in [2.45, 2.75) is 44.8 Å². The van der Waals surface area contributed by atoms with Crippen molar-refractivity contribution in [3.63, 3.8) is 0 Å². The molecule has 1 fully saturated rings. The highest BCUT2D eigenvalue weighted by Crippen LogP contribution is 2.29. The number of carbonyl (C=O) groups excluding carboxylic acids is 2. The molecule has 1 aromatic rings. The van der Waals surface area contributed by atoms with E-state index in [1.54, 1.807) is 4.90 Å². The lowest BCUT2D eigenvalue weighted by Gasteiger charge is -2.33. The van der Waals surface area contributed by atoms with Gasteiger partial charge in [-0.2, -0.15) is 0 Å². The second kappa shape index (κ2) is 7.72. The molecule has 2 aliphatic rings. The lowest BCUT2D eigenvalue weighted by Crippen LogP contribution is -2.43. The van der Waals surface area contributed by atoms with Gasteiger partial charge in [0.2, 0.25) is 0 Å². The summed E-state index contributed by atoms with van der Waals surface area (Å²) in [5.74, 6) is 0.699. The summed E-state index contributed by atoms with van der Waals surface area (Å²) in [6.07, 6.45) is 5.02. The quantitative estimate of drug-likeness (QED) is 0.602. The molecule has 1 aliphatic heterocycles. The van der Waals surface area contributed by atoms with E-state index in [9.17, 15) is 9.59 Å². The predicted octanol–water partition coefficient (Wildman–Crippen LogP) is 2.84. The van der Waals surface area contributed by atoms with E-state index in [0.29, 0.717) is 12.2 Å². The van der Waals surface area contributed by atoms with E-state index in [-0.39, 0.29) is 18.1 Å². The van der Waals surface area contributed by atoms with Crippen molar-refractivity contribution in [3.05, 3.63) is 35.5 Å². The number of hydrogen-bond donors (Lipinski definition) is 0. The van der Waals surface area contributed by atoms with Gasteiger partial charge in [0.15, 0.2) is 0 Å². The number of amides is 1. The Bertz CT molecular complexity index is 729. The Morgan fingerprint density at radius 1 is 1.15 bits per heavy atom. The van der Waals surface area contributed by atoms with Gasteiger partial charge in [0, 0.05) is 25.8 Å². The van der Waals surface area contributed by atoms with Crippen LogP contribution in [0.3, 0.4) is 0 Å². The third kappa shape index (κ3) is 3.79. The summed E-state index contributed by atoms with van der Waals surface area (Å²) in [6.45, 7) is 2.39. The third-order valence-electron chi connectivity index (χ3n) is 5.04. The molecule has 138 valence electrons. The van der Waals surface area contributed by atoms with Crippen LogP contribution >= 0.6 is 0 Å². The van der Waals surface area contributed by atoms with Crippen LogP contribution in [-0.4, -0.2) is 49.4 Å². The molecule has 1 aromatic carbocycles. The second-order valence-corrected chi connectivity index (χ2v) is 7.01. The van der Waals surface area contributed by atoms with Crippen molar-refractivity contribution in [2.75, 3.05) is 19.0 Å². The highest BCUT2D eigenvalue weighted by molar-refractivity contribution is 6.13. The fraction of sp³-hybridized carbons (Fsp3) is 0.450. The lowest BCUT2D eigenvalue weighted by atomic mass is 9.91. The molecule has 0 N–H and O–H groups in total. The third-order valence-corrected chi connectivity index (χ3v) is 5.04. The Balaban J connectivity index is 1.70. The molecular formula is C20H25N3O3. The lowest BCUT2D eigenvalue weighted by molar-refractivity contribution is -0.136. The fourth-order valence-electron chi connectivity index (χ4n) is 3.62. The Hall–Kier alpha value is -2.63. The van der Waals surface area contributed by atoms with Crippen LogP contribution < -0.4 is 4.90 Å². The van der Waals surface area contributed by atoms with E-state index >= 15 is 0 Å². The first-order valence-corrected chi connectivity index (χ1v) is 8.96. The van der Waals surface area contributed by atoms with Crippen molar-refractivity contribution in [1.82, 2.24) is 4.90 Å². The molecule has 1 amide bonds. The highest BCUT2D eigenvalue weighted by Gasteiger charge is 2.36. The maximum atomic E-state index is 12.8. The van der Waals surface area contributed by atoms with Crippen LogP contribution in [0.1, 0.15) is 38.2 Å². The van der Waals surface area contributed by atoms with Crippen molar-refractivity contribution in [1.29, 1.82) is 0 Å². The molecule has 1 saturated carbocycles. The summed E-state index contributed by atoms with van der Waals surface area (Å²) in [5.41, 5.74) is 2.55. The monoisotopic (exact) mass is 355 g/mol. The number of ether oxygens (including phenoxy) is 1. The standard InChI is InChI=1S/C20H25N3O3/c1-14-21-19(12-15-4-6-16(7-5-15)22(2)3)20(25)23(14)17-8-10-18(11-9-17)26-13-24/h4-7,12-13,17-18H,8-11H2,1-3H3/b19-12-. The topological polar surface area (TPSA) is 62.2 Å². The van der Waals surface area contributed by atoms with E-state index in [4.69, 9.17) is 4.74 Å². The molecule has 6 heteroatoms. The maximum Gasteiger partial charge on any atom is 0.293 e. The zero-order valence-electron chi connectivity index (χ0n) is 15.5. The van der Waals surface area contributed by atoms with Gasteiger partial charge in [-0.3, -0.25) is 14.5 Å². The molecule has 1 aliphatic carbocycles. The average Bonchev–Trinajstić information content (AvgIpc) is 2.90. The summed E-state index contributed by atoms with van der Waals surface area (Å²) < 4.78 is 5.04. The molecule has 6 nitrogen and oxygen atoms in total. The van der Waals surface area contributed by atoms with Gasteiger partial charge in [-0.1, -0.05) is 12.1 Å². The van der Waals surface area contributed by atoms with Crippen molar-refractivity contribution < 1.29 is 14.3 Å². The van der Waals surface area contributed by atoms with Crippen LogP contribution in [0, 0.1) is 0 Å². The zero-order valence-corrected chi connectivity index (χ0v) is 15.5. The summed E-state index contributed by atoms with van der Waals surface area (Å²) in [5, 5.41) is 0. The molecular weight excluding hydrogens is 330 g/mol. The minimum Gasteiger partial charge on any atom is -0.465 e. The van der Waals surface area contributed by atoms with Gasteiger partial charge >= 0.3 is 0 Å². The summed E-state index contributed by atoms with van der Waals surface area (Å²) in [6, 6.07) is 8.15. The van der Waals surface area contributed by atoms with Crippen LogP contribution in [0.15, 0.2) is 35.0 Å². The largest absolute Gasteiger partial charge is 0.465 e. The number of carbonyl (C=O) groups is 2. The summed E-state index contributed by atoms with van der Waals surface area (Å²) in [7, 11) is 3.99. The van der Waals surface area contributed by atoms with Crippen LogP contribution in [-0.2, 0) is 14.3 Å². The van der Waals surface area contributed by atoms with Gasteiger partial charge in [-0.15, -0.1) is 0 Å². The van der Waals surface area contributed by atoms with Crippen LogP contribution in [0.5, 0.6) is 0 Å². The van der Waals surface area contributed by atoms with Gasteiger partial charge < -0.3 is 9.64 Å². The van der Waals surface area contributed by atoms with Gasteiger partial charge in [-0.05, 0) is 56.4 Å². The van der Waals surface area contributed by atoms with Gasteiger partial charge in [-0.25, -0.2) is 4.99 Å². The Labute approximate surface area is 154 Å². The Morgan fingerprint density at radius 2 is 1.81 bits per heavy atom. The van der Waals surface area contributed by atoms with Gasteiger partial charge in [0.25, 0.3) is 12.4 Å². The molecule has 26 heavy (non-hydrogen) atoms. The highest BCUT2D eigenvalue weighted by atomic mass is 16.5. The molecule has 0 aromatic heterocycles. The van der Waals surface area contributed by atoms with Gasteiger partial charge in [0.05, 0.1) is 0 Å². The molecule has 3 rings (SSSR count). The number of aliphatic imine (C=N–C) groups is 1. The first-order chi connectivity index (χ1) is 12.5. The number of hydrogen-bond acceptors (Lipinski definition) is 5. The molecule has 0 unspecified atom stereocenters. The van der Waals surface area contributed by atoms with Crippen molar-refractivity contribution in [3.8, 4) is 0 Å². The molecule has 0 radical (unpaired) electrons. The van der Waals surface area contributed by atoms with E-state index in [1.165, 1.54) is 0 Å². The van der Waals surface area contributed by atoms with E-state index in [0.717, 1.165) is 42.8 Å². The molecule has 0 saturated heterocycles. The molecule has 0 atom stereocenters. The SMILES string of the molecule is CC1=N/C(=C\c2ccc(N(C)C)cc2)C(=O)N1C1CCC(OC=O)CC1. The minimum atomic E-state index is -0.0426. The average molecular weight is 355 g/mol. The van der Waals surface area contributed by atoms with Crippen LogP contribution in [0.25, 0.3) is 6.08 Å². The number of benzene rings is 1. The predicted molar refractivity (Wildman–Crippen MR) is 102 cm³/mol. The summed E-state index contributed by atoms with van der Waals surface area (Å²) >= 11 is 0. The summed E-state index contributed by atoms with van der Waals surface area (Å²) in [4.78, 5) is 31.7. The first-order valence-electron chi connectivity index (χ1n) is 8.96.